The van der Waals surface area contributed by atoms with Crippen LogP contribution in [0.4, 0.5) is 0 Å². The van der Waals surface area contributed by atoms with Gasteiger partial charge in [0, 0.05) is 63.7 Å². The number of hydrogen-bond acceptors (Lipinski definition) is 3. The van der Waals surface area contributed by atoms with E-state index >= 15 is 0 Å². The molecule has 118 valence electrons. The molecule has 0 amide bonds. The van der Waals surface area contributed by atoms with E-state index in [0.717, 1.165) is 25.8 Å². The van der Waals surface area contributed by atoms with Gasteiger partial charge in [-0.15, -0.1) is 0 Å². The molecule has 2 aliphatic rings. The second kappa shape index (κ2) is 6.41. The maximum Gasteiger partial charge on any atom is 0.0480 e. The van der Waals surface area contributed by atoms with Crippen molar-refractivity contribution in [2.24, 2.45) is 0 Å². The molecule has 1 aromatic carbocycles. The molecular formula is C18H25N3O. The Morgan fingerprint density at radius 3 is 2.68 bits per heavy atom. The molecule has 4 rings (SSSR count). The minimum atomic E-state index is 0.757. The first-order chi connectivity index (χ1) is 10.9. The van der Waals surface area contributed by atoms with Crippen LogP contribution in [0.5, 0.6) is 0 Å². The Morgan fingerprint density at radius 1 is 1.05 bits per heavy atom. The summed E-state index contributed by atoms with van der Waals surface area (Å²) >= 11 is 0. The van der Waals surface area contributed by atoms with E-state index in [4.69, 9.17) is 4.74 Å². The summed E-state index contributed by atoms with van der Waals surface area (Å²) in [5.74, 6) is 0. The average molecular weight is 299 g/mol. The fourth-order valence-electron chi connectivity index (χ4n) is 3.80. The van der Waals surface area contributed by atoms with E-state index < -0.39 is 0 Å². The van der Waals surface area contributed by atoms with E-state index in [1.165, 1.54) is 55.5 Å². The lowest BCUT2D eigenvalue weighted by Crippen LogP contribution is -2.51. The smallest absolute Gasteiger partial charge is 0.0480 e. The molecule has 1 aromatic heterocycles. The zero-order valence-electron chi connectivity index (χ0n) is 13.1. The molecule has 2 fully saturated rings. The molecule has 2 saturated heterocycles. The Bertz CT molecular complexity index is 610. The van der Waals surface area contributed by atoms with Crippen LogP contribution < -0.4 is 0 Å². The maximum absolute atomic E-state index is 5.48. The number of fused-ring (bicyclic) bond motifs is 1. The van der Waals surface area contributed by atoms with Gasteiger partial charge in [-0.1, -0.05) is 6.07 Å². The quantitative estimate of drug-likeness (QED) is 0.945. The summed E-state index contributed by atoms with van der Waals surface area (Å²) in [6.07, 6.45) is 4.44. The highest BCUT2D eigenvalue weighted by Gasteiger charge is 2.25. The molecule has 0 bridgehead atoms. The predicted octanol–water partition coefficient (Wildman–Crippen LogP) is 2.46. The SMILES string of the molecule is c1cc2cc(CN3CCN(C4CCOCC4)CC3)ccc2[nH]1. The number of hydrogen-bond donors (Lipinski definition) is 1. The van der Waals surface area contributed by atoms with Gasteiger partial charge in [-0.3, -0.25) is 9.80 Å². The van der Waals surface area contributed by atoms with Gasteiger partial charge in [-0.2, -0.15) is 0 Å². The molecule has 0 spiro atoms. The van der Waals surface area contributed by atoms with Crippen LogP contribution in [-0.2, 0) is 11.3 Å². The Morgan fingerprint density at radius 2 is 1.86 bits per heavy atom. The number of piperazine rings is 1. The van der Waals surface area contributed by atoms with Crippen molar-refractivity contribution < 1.29 is 4.74 Å². The molecule has 2 aliphatic heterocycles. The van der Waals surface area contributed by atoms with Crippen LogP contribution in [-0.4, -0.2) is 60.2 Å². The third kappa shape index (κ3) is 3.05. The van der Waals surface area contributed by atoms with Crippen LogP contribution in [0.25, 0.3) is 10.9 Å². The minimum Gasteiger partial charge on any atom is -0.381 e. The molecule has 2 aromatic rings. The monoisotopic (exact) mass is 299 g/mol. The van der Waals surface area contributed by atoms with Crippen LogP contribution in [0.3, 0.4) is 0 Å². The number of aromatic amines is 1. The summed E-state index contributed by atoms with van der Waals surface area (Å²) in [6, 6.07) is 9.68. The second-order valence-corrected chi connectivity index (χ2v) is 6.55. The maximum atomic E-state index is 5.48. The molecule has 1 N–H and O–H groups in total. The molecule has 22 heavy (non-hydrogen) atoms. The van der Waals surface area contributed by atoms with E-state index in [0.29, 0.717) is 0 Å². The van der Waals surface area contributed by atoms with Crippen molar-refractivity contribution in [1.29, 1.82) is 0 Å². The molecule has 0 atom stereocenters. The van der Waals surface area contributed by atoms with Crippen LogP contribution in [0, 0.1) is 0 Å². The topological polar surface area (TPSA) is 31.5 Å². The van der Waals surface area contributed by atoms with Crippen molar-refractivity contribution in [2.75, 3.05) is 39.4 Å². The number of aromatic nitrogens is 1. The summed E-state index contributed by atoms with van der Waals surface area (Å²) in [5, 5.41) is 1.32. The van der Waals surface area contributed by atoms with Gasteiger partial charge in [0.15, 0.2) is 0 Å². The third-order valence-electron chi connectivity index (χ3n) is 5.14. The van der Waals surface area contributed by atoms with Gasteiger partial charge in [0.25, 0.3) is 0 Å². The van der Waals surface area contributed by atoms with Gasteiger partial charge in [0.1, 0.15) is 0 Å². The van der Waals surface area contributed by atoms with Crippen LogP contribution in [0.2, 0.25) is 0 Å². The van der Waals surface area contributed by atoms with Gasteiger partial charge < -0.3 is 9.72 Å². The lowest BCUT2D eigenvalue weighted by molar-refractivity contribution is 0.0126. The standard InChI is InChI=1S/C18H25N3O/c1-2-18-16(3-6-19-18)13-15(1)14-20-7-9-21(10-8-20)17-4-11-22-12-5-17/h1-3,6,13,17,19H,4-5,7-12,14H2. The Kier molecular flexibility index (Phi) is 4.15. The normalized spacial score (nSPS) is 22.4. The van der Waals surface area contributed by atoms with Gasteiger partial charge in [-0.05, 0) is 42.0 Å². The van der Waals surface area contributed by atoms with Crippen molar-refractivity contribution in [1.82, 2.24) is 14.8 Å². The largest absolute Gasteiger partial charge is 0.381 e. The number of H-pyrrole nitrogens is 1. The number of benzene rings is 1. The van der Waals surface area contributed by atoms with Gasteiger partial charge in [0.2, 0.25) is 0 Å². The fourth-order valence-corrected chi connectivity index (χ4v) is 3.80. The fraction of sp³-hybridized carbons (Fsp3) is 0.556. The van der Waals surface area contributed by atoms with Crippen LogP contribution >= 0.6 is 0 Å². The van der Waals surface area contributed by atoms with Gasteiger partial charge in [0.05, 0.1) is 0 Å². The van der Waals surface area contributed by atoms with Crippen molar-refractivity contribution in [2.45, 2.75) is 25.4 Å². The number of nitrogens with one attached hydrogen (secondary N) is 1. The summed E-state index contributed by atoms with van der Waals surface area (Å²) in [4.78, 5) is 8.52. The molecule has 0 aliphatic carbocycles. The zero-order chi connectivity index (χ0) is 14.8. The summed E-state index contributed by atoms with van der Waals surface area (Å²) in [6.45, 7) is 7.74. The highest BCUT2D eigenvalue weighted by molar-refractivity contribution is 5.79. The molecule has 0 unspecified atom stereocenters. The second-order valence-electron chi connectivity index (χ2n) is 6.55. The molecule has 0 saturated carbocycles. The number of rotatable bonds is 3. The lowest BCUT2D eigenvalue weighted by atomic mass is 10.1. The average Bonchev–Trinajstić information content (AvgIpc) is 3.04. The van der Waals surface area contributed by atoms with Crippen molar-refractivity contribution in [3.8, 4) is 0 Å². The van der Waals surface area contributed by atoms with E-state index in [2.05, 4.69) is 39.0 Å². The highest BCUT2D eigenvalue weighted by Crippen LogP contribution is 2.19. The van der Waals surface area contributed by atoms with E-state index in [1.54, 1.807) is 0 Å². The van der Waals surface area contributed by atoms with Crippen LogP contribution in [0.1, 0.15) is 18.4 Å². The minimum absolute atomic E-state index is 0.757. The molecule has 0 radical (unpaired) electrons. The zero-order valence-corrected chi connectivity index (χ0v) is 13.1. The number of nitrogens with zero attached hydrogens (tertiary/aromatic N) is 2. The summed E-state index contributed by atoms with van der Waals surface area (Å²) in [5.41, 5.74) is 2.65. The van der Waals surface area contributed by atoms with Gasteiger partial charge >= 0.3 is 0 Å². The van der Waals surface area contributed by atoms with Crippen molar-refractivity contribution in [3.63, 3.8) is 0 Å². The molecule has 4 heteroatoms. The van der Waals surface area contributed by atoms with Crippen molar-refractivity contribution in [3.05, 3.63) is 36.0 Å². The Hall–Kier alpha value is -1.36. The van der Waals surface area contributed by atoms with Crippen LogP contribution in [0.15, 0.2) is 30.5 Å². The number of ether oxygens (including phenoxy) is 1. The predicted molar refractivity (Wildman–Crippen MR) is 89.0 cm³/mol. The lowest BCUT2D eigenvalue weighted by Gasteiger charge is -2.40. The molecular weight excluding hydrogens is 274 g/mol. The molecule has 3 heterocycles. The first-order valence-electron chi connectivity index (χ1n) is 8.49. The van der Waals surface area contributed by atoms with Crippen molar-refractivity contribution >= 4 is 10.9 Å². The third-order valence-corrected chi connectivity index (χ3v) is 5.14. The van der Waals surface area contributed by atoms with E-state index in [9.17, 15) is 0 Å². The first-order valence-corrected chi connectivity index (χ1v) is 8.49. The van der Waals surface area contributed by atoms with Gasteiger partial charge in [-0.25, -0.2) is 0 Å². The summed E-state index contributed by atoms with van der Waals surface area (Å²) in [7, 11) is 0. The highest BCUT2D eigenvalue weighted by atomic mass is 16.5. The summed E-state index contributed by atoms with van der Waals surface area (Å²) < 4.78 is 5.48. The van der Waals surface area contributed by atoms with E-state index in [-0.39, 0.29) is 0 Å². The van der Waals surface area contributed by atoms with E-state index in [1.807, 2.05) is 6.20 Å². The Labute approximate surface area is 132 Å². The Balaban J connectivity index is 1.33. The first kappa shape index (κ1) is 14.2. The molecule has 4 nitrogen and oxygen atoms in total.